The highest BCUT2D eigenvalue weighted by atomic mass is 15.0. The minimum Gasteiger partial charge on any atom is -0.309 e. The zero-order valence-corrected chi connectivity index (χ0v) is 26.7. The van der Waals surface area contributed by atoms with Crippen molar-refractivity contribution in [3.63, 3.8) is 0 Å². The number of fused-ring (bicyclic) bond motifs is 6. The van der Waals surface area contributed by atoms with Gasteiger partial charge in [0.05, 0.1) is 62.7 Å². The molecule has 0 aliphatic carbocycles. The van der Waals surface area contributed by atoms with Gasteiger partial charge in [-0.05, 0) is 83.9 Å². The Morgan fingerprint density at radius 2 is 0.920 bits per heavy atom. The lowest BCUT2D eigenvalue weighted by molar-refractivity contribution is 1.18. The summed E-state index contributed by atoms with van der Waals surface area (Å²) in [5, 5.41) is 33.8. The lowest BCUT2D eigenvalue weighted by Gasteiger charge is -2.16. The molecule has 7 aromatic carbocycles. The molecule has 9 rings (SSSR count). The molecule has 0 bridgehead atoms. The normalized spacial score (nSPS) is 11.1. The van der Waals surface area contributed by atoms with Crippen LogP contribution in [0, 0.1) is 34.0 Å². The number of hydrogen-bond acceptors (Lipinski definition) is 3. The summed E-state index contributed by atoms with van der Waals surface area (Å²) in [6.45, 7) is 0. The summed E-state index contributed by atoms with van der Waals surface area (Å²) in [6, 6.07) is 57.8. The Hall–Kier alpha value is -7.39. The Balaban J connectivity index is 1.14. The third kappa shape index (κ3) is 4.38. The molecule has 230 valence electrons. The fourth-order valence-electron chi connectivity index (χ4n) is 7.37. The molecule has 0 amide bonds. The second-order valence-corrected chi connectivity index (χ2v) is 12.3. The van der Waals surface area contributed by atoms with Gasteiger partial charge in [0.15, 0.2) is 0 Å². The first-order valence-electron chi connectivity index (χ1n) is 16.3. The zero-order valence-electron chi connectivity index (χ0n) is 26.7. The van der Waals surface area contributed by atoms with Crippen molar-refractivity contribution in [3.05, 3.63) is 168 Å². The van der Waals surface area contributed by atoms with E-state index in [2.05, 4.69) is 94.1 Å². The lowest BCUT2D eigenvalue weighted by Crippen LogP contribution is -1.98. The summed E-state index contributed by atoms with van der Waals surface area (Å²) in [4.78, 5) is 0. The molecule has 0 saturated carbocycles. The zero-order chi connectivity index (χ0) is 33.8. The Morgan fingerprint density at radius 3 is 1.56 bits per heavy atom. The number of nitriles is 3. The van der Waals surface area contributed by atoms with Crippen LogP contribution in [0.5, 0.6) is 0 Å². The highest BCUT2D eigenvalue weighted by molar-refractivity contribution is 6.11. The number of para-hydroxylation sites is 3. The predicted molar refractivity (Wildman–Crippen MR) is 200 cm³/mol. The van der Waals surface area contributed by atoms with Gasteiger partial charge in [-0.1, -0.05) is 78.9 Å². The molecule has 5 nitrogen and oxygen atoms in total. The molecule has 0 spiro atoms. The molecule has 2 heterocycles. The first-order chi connectivity index (χ1) is 24.7. The van der Waals surface area contributed by atoms with Crippen molar-refractivity contribution in [1.29, 1.82) is 15.8 Å². The van der Waals surface area contributed by atoms with E-state index in [4.69, 9.17) is 0 Å². The van der Waals surface area contributed by atoms with Gasteiger partial charge in [0, 0.05) is 38.4 Å². The fraction of sp³-hybridized carbons (Fsp3) is 0. The largest absolute Gasteiger partial charge is 0.309 e. The Morgan fingerprint density at radius 1 is 0.380 bits per heavy atom. The molecule has 0 atom stereocenters. The summed E-state index contributed by atoms with van der Waals surface area (Å²) < 4.78 is 4.46. The second-order valence-electron chi connectivity index (χ2n) is 12.3. The smallest absolute Gasteiger partial charge is 0.0998 e. The fourth-order valence-corrected chi connectivity index (χ4v) is 7.37. The summed E-state index contributed by atoms with van der Waals surface area (Å²) in [5.41, 5.74) is 11.7. The monoisotopic (exact) mass is 635 g/mol. The highest BCUT2D eigenvalue weighted by Gasteiger charge is 2.18. The standard InChI is InChI=1S/C45H25N5/c46-26-29-13-21-44-39(23-29)37-8-2-4-10-41(37)49(44)34-18-15-31(16-19-34)32-17-20-35(33(25-32)28-48)36-7-1-5-11-42(36)50-43-12-6-3-9-38(43)40-24-30(27-47)14-22-45(40)50/h1-25H. The third-order valence-electron chi connectivity index (χ3n) is 9.64. The van der Waals surface area contributed by atoms with Crippen LogP contribution in [-0.2, 0) is 0 Å². The molecule has 0 saturated heterocycles. The minimum absolute atomic E-state index is 0.585. The first-order valence-corrected chi connectivity index (χ1v) is 16.3. The molecule has 2 aromatic heterocycles. The van der Waals surface area contributed by atoms with Crippen molar-refractivity contribution in [2.45, 2.75) is 0 Å². The molecule has 5 heteroatoms. The van der Waals surface area contributed by atoms with Crippen LogP contribution >= 0.6 is 0 Å². The van der Waals surface area contributed by atoms with Crippen LogP contribution in [0.4, 0.5) is 0 Å². The van der Waals surface area contributed by atoms with Gasteiger partial charge in [0.1, 0.15) is 0 Å². The van der Waals surface area contributed by atoms with E-state index in [9.17, 15) is 15.8 Å². The van der Waals surface area contributed by atoms with Crippen LogP contribution in [0.3, 0.4) is 0 Å². The average Bonchev–Trinajstić information content (AvgIpc) is 3.69. The van der Waals surface area contributed by atoms with Gasteiger partial charge in [-0.25, -0.2) is 0 Å². The average molecular weight is 636 g/mol. The Kier molecular flexibility index (Phi) is 6.56. The maximum absolute atomic E-state index is 10.5. The Labute approximate surface area is 287 Å². The molecular weight excluding hydrogens is 611 g/mol. The van der Waals surface area contributed by atoms with Gasteiger partial charge >= 0.3 is 0 Å². The molecule has 0 N–H and O–H groups in total. The number of hydrogen-bond donors (Lipinski definition) is 0. The van der Waals surface area contributed by atoms with E-state index in [0.717, 1.165) is 77.2 Å². The summed E-state index contributed by atoms with van der Waals surface area (Å²) in [5.74, 6) is 0. The van der Waals surface area contributed by atoms with Gasteiger partial charge in [-0.3, -0.25) is 0 Å². The number of aromatic nitrogens is 2. The van der Waals surface area contributed by atoms with Gasteiger partial charge < -0.3 is 9.13 Å². The molecular formula is C45H25N5. The molecule has 0 fully saturated rings. The van der Waals surface area contributed by atoms with Gasteiger partial charge in [-0.2, -0.15) is 15.8 Å². The van der Waals surface area contributed by atoms with E-state index in [-0.39, 0.29) is 0 Å². The van der Waals surface area contributed by atoms with E-state index in [1.54, 1.807) is 0 Å². The van der Waals surface area contributed by atoms with E-state index in [1.807, 2.05) is 84.9 Å². The van der Waals surface area contributed by atoms with Crippen LogP contribution in [0.2, 0.25) is 0 Å². The van der Waals surface area contributed by atoms with Crippen molar-refractivity contribution in [1.82, 2.24) is 9.13 Å². The number of benzene rings is 7. The summed E-state index contributed by atoms with van der Waals surface area (Å²) >= 11 is 0. The maximum Gasteiger partial charge on any atom is 0.0998 e. The second kappa shape index (κ2) is 11.4. The van der Waals surface area contributed by atoms with Crippen LogP contribution in [-0.4, -0.2) is 9.13 Å². The number of rotatable bonds is 4. The topological polar surface area (TPSA) is 81.2 Å². The van der Waals surface area contributed by atoms with Crippen molar-refractivity contribution in [3.8, 4) is 51.8 Å². The van der Waals surface area contributed by atoms with Crippen LogP contribution < -0.4 is 0 Å². The van der Waals surface area contributed by atoms with Crippen molar-refractivity contribution >= 4 is 43.6 Å². The number of nitrogens with zero attached hydrogens (tertiary/aromatic N) is 5. The van der Waals surface area contributed by atoms with E-state index in [1.165, 1.54) is 0 Å². The van der Waals surface area contributed by atoms with E-state index in [0.29, 0.717) is 16.7 Å². The molecule has 0 aliphatic rings. The molecule has 0 aliphatic heterocycles. The maximum atomic E-state index is 10.5. The quantitative estimate of drug-likeness (QED) is 0.193. The summed E-state index contributed by atoms with van der Waals surface area (Å²) in [7, 11) is 0. The lowest BCUT2D eigenvalue weighted by atomic mass is 9.94. The molecule has 9 aromatic rings. The highest BCUT2D eigenvalue weighted by Crippen LogP contribution is 2.39. The van der Waals surface area contributed by atoms with Crippen LogP contribution in [0.25, 0.3) is 77.2 Å². The Bertz CT molecular complexity index is 2960. The summed E-state index contributed by atoms with van der Waals surface area (Å²) in [6.07, 6.45) is 0. The van der Waals surface area contributed by atoms with Crippen molar-refractivity contribution in [2.24, 2.45) is 0 Å². The van der Waals surface area contributed by atoms with Gasteiger partial charge in [-0.15, -0.1) is 0 Å². The SMILES string of the molecule is N#Cc1ccc2c(c1)c1ccccc1n2-c1ccc(-c2ccc(-c3ccccc3-n3c4ccccc4c4cc(C#N)ccc43)c(C#N)c2)cc1. The molecule has 0 radical (unpaired) electrons. The molecule has 50 heavy (non-hydrogen) atoms. The van der Waals surface area contributed by atoms with Crippen molar-refractivity contribution < 1.29 is 0 Å². The van der Waals surface area contributed by atoms with E-state index >= 15 is 0 Å². The van der Waals surface area contributed by atoms with Crippen molar-refractivity contribution in [2.75, 3.05) is 0 Å². The van der Waals surface area contributed by atoms with E-state index < -0.39 is 0 Å². The third-order valence-corrected chi connectivity index (χ3v) is 9.64. The van der Waals surface area contributed by atoms with Gasteiger partial charge in [0.2, 0.25) is 0 Å². The molecule has 0 unspecified atom stereocenters. The van der Waals surface area contributed by atoms with Crippen LogP contribution in [0.15, 0.2) is 152 Å². The van der Waals surface area contributed by atoms with Gasteiger partial charge in [0.25, 0.3) is 0 Å². The first kappa shape index (κ1) is 28.8. The minimum atomic E-state index is 0.585. The predicted octanol–water partition coefficient (Wildman–Crippen LogP) is 10.8. The van der Waals surface area contributed by atoms with Crippen LogP contribution in [0.1, 0.15) is 16.7 Å².